The molecule has 2 fully saturated rings. The minimum atomic E-state index is 0. The molecule has 3 nitrogen and oxygen atoms in total. The lowest BCUT2D eigenvalue weighted by Gasteiger charge is -2.39. The van der Waals surface area contributed by atoms with E-state index >= 15 is 0 Å². The van der Waals surface area contributed by atoms with Crippen LogP contribution in [0.25, 0.3) is 10.9 Å². The molecule has 1 unspecified atom stereocenters. The lowest BCUT2D eigenvalue weighted by molar-refractivity contribution is 0.220. The molecule has 3 heterocycles. The molecule has 0 radical (unpaired) electrons. The van der Waals surface area contributed by atoms with Gasteiger partial charge < -0.3 is 9.47 Å². The van der Waals surface area contributed by atoms with Crippen molar-refractivity contribution in [3.63, 3.8) is 0 Å². The van der Waals surface area contributed by atoms with Gasteiger partial charge in [-0.15, -0.1) is 12.4 Å². The number of anilines is 1. The van der Waals surface area contributed by atoms with Crippen LogP contribution in [0.1, 0.15) is 70.1 Å². The second kappa shape index (κ2) is 9.55. The van der Waals surface area contributed by atoms with Crippen molar-refractivity contribution < 1.29 is 0 Å². The Bertz CT molecular complexity index is 857. The highest BCUT2D eigenvalue weighted by atomic mass is 35.5. The van der Waals surface area contributed by atoms with Crippen LogP contribution in [-0.4, -0.2) is 22.6 Å². The van der Waals surface area contributed by atoms with E-state index in [0.29, 0.717) is 0 Å². The van der Waals surface area contributed by atoms with E-state index < -0.39 is 0 Å². The smallest absolute Gasteiger partial charge is 0.153 e. The first-order valence-corrected chi connectivity index (χ1v) is 11.4. The summed E-state index contributed by atoms with van der Waals surface area (Å²) in [4.78, 5) is 7.55. The molecule has 0 amide bonds. The summed E-state index contributed by atoms with van der Waals surface area (Å²) < 4.78 is 2.49. The van der Waals surface area contributed by atoms with Gasteiger partial charge in [-0.25, -0.2) is 4.98 Å². The average molecular weight is 416 g/mol. The number of halogens is 1. The van der Waals surface area contributed by atoms with Gasteiger partial charge in [0.1, 0.15) is 0 Å². The summed E-state index contributed by atoms with van der Waals surface area (Å²) in [5, 5.41) is 1.38. The first kappa shape index (κ1) is 22.2. The fraction of sp³-hybridized carbons (Fsp3) is 0.640. The lowest BCUT2D eigenvalue weighted by atomic mass is 9.76. The molecular formula is C25H38ClN3. The maximum Gasteiger partial charge on any atom is 0.153 e. The topological polar surface area (TPSA) is 21.1 Å². The van der Waals surface area contributed by atoms with E-state index in [0.717, 1.165) is 24.9 Å². The van der Waals surface area contributed by atoms with Gasteiger partial charge in [0.2, 0.25) is 0 Å². The van der Waals surface area contributed by atoms with Crippen LogP contribution in [0.5, 0.6) is 0 Å². The summed E-state index contributed by atoms with van der Waals surface area (Å²) in [5.74, 6) is 3.02. The Labute approximate surface area is 183 Å². The summed E-state index contributed by atoms with van der Waals surface area (Å²) in [6, 6.07) is 2.21. The number of hydrogen-bond donors (Lipinski definition) is 0. The van der Waals surface area contributed by atoms with E-state index in [1.54, 1.807) is 0 Å². The number of pyridine rings is 1. The first-order chi connectivity index (χ1) is 13.6. The molecule has 1 aliphatic carbocycles. The van der Waals surface area contributed by atoms with Crippen LogP contribution in [0.15, 0.2) is 23.9 Å². The number of piperidine rings is 1. The van der Waals surface area contributed by atoms with Gasteiger partial charge in [0.25, 0.3) is 0 Å². The fourth-order valence-corrected chi connectivity index (χ4v) is 5.50. The number of allylic oxidation sites excluding steroid dienone is 2. The van der Waals surface area contributed by atoms with E-state index in [9.17, 15) is 0 Å². The quantitative estimate of drug-likeness (QED) is 0.509. The largest absolute Gasteiger partial charge is 0.355 e. The molecule has 1 aliphatic heterocycles. The number of aryl methyl sites for hydroxylation is 1. The molecule has 2 aromatic rings. The molecule has 2 aliphatic rings. The first-order valence-electron chi connectivity index (χ1n) is 11.4. The zero-order valence-electron chi connectivity index (χ0n) is 18.7. The van der Waals surface area contributed by atoms with Gasteiger partial charge in [0.15, 0.2) is 5.82 Å². The predicted molar refractivity (Wildman–Crippen MR) is 127 cm³/mol. The molecule has 2 aromatic heterocycles. The highest BCUT2D eigenvalue weighted by molar-refractivity contribution is 5.93. The molecule has 0 N–H and O–H groups in total. The molecule has 4 rings (SSSR count). The number of nitrogens with zero attached hydrogens (tertiary/aromatic N) is 3. The maximum absolute atomic E-state index is 4.94. The molecule has 29 heavy (non-hydrogen) atoms. The van der Waals surface area contributed by atoms with Crippen LogP contribution in [0.2, 0.25) is 0 Å². The molecule has 4 heteroatoms. The van der Waals surface area contributed by atoms with Crippen LogP contribution in [0, 0.1) is 25.7 Å². The molecule has 1 atom stereocenters. The SMILES string of the molecule is CC(C)=CCn1c(C)c(C)c2ccnc(N3CCCC(C4CCCCC4)C3)c21.Cl. The molecule has 0 spiro atoms. The minimum absolute atomic E-state index is 0. The van der Waals surface area contributed by atoms with Crippen molar-refractivity contribution in [2.75, 3.05) is 18.0 Å². The summed E-state index contributed by atoms with van der Waals surface area (Å²) in [6.45, 7) is 12.2. The van der Waals surface area contributed by atoms with Crippen LogP contribution in [-0.2, 0) is 6.54 Å². The molecule has 1 saturated heterocycles. The predicted octanol–water partition coefficient (Wildman–Crippen LogP) is 6.84. The Morgan fingerprint density at radius 1 is 1.07 bits per heavy atom. The zero-order chi connectivity index (χ0) is 19.7. The van der Waals surface area contributed by atoms with Crippen LogP contribution >= 0.6 is 12.4 Å². The zero-order valence-corrected chi connectivity index (χ0v) is 19.5. The third kappa shape index (κ3) is 4.50. The van der Waals surface area contributed by atoms with Gasteiger partial charge in [-0.2, -0.15) is 0 Å². The Kier molecular flexibility index (Phi) is 7.32. The van der Waals surface area contributed by atoms with Crippen molar-refractivity contribution in [1.82, 2.24) is 9.55 Å². The second-order valence-corrected chi connectivity index (χ2v) is 9.38. The van der Waals surface area contributed by atoms with Crippen molar-refractivity contribution >= 4 is 29.1 Å². The number of rotatable bonds is 4. The number of hydrogen-bond acceptors (Lipinski definition) is 2. The van der Waals surface area contributed by atoms with Crippen molar-refractivity contribution in [1.29, 1.82) is 0 Å². The van der Waals surface area contributed by atoms with Gasteiger partial charge in [-0.1, -0.05) is 43.8 Å². The van der Waals surface area contributed by atoms with Gasteiger partial charge in [-0.05, 0) is 64.0 Å². The van der Waals surface area contributed by atoms with Crippen molar-refractivity contribution in [3.8, 4) is 0 Å². The molecule has 1 saturated carbocycles. The maximum atomic E-state index is 4.94. The Morgan fingerprint density at radius 2 is 1.79 bits per heavy atom. The molecular weight excluding hydrogens is 378 g/mol. The second-order valence-electron chi connectivity index (χ2n) is 9.38. The summed E-state index contributed by atoms with van der Waals surface area (Å²) >= 11 is 0. The van der Waals surface area contributed by atoms with Gasteiger partial charge >= 0.3 is 0 Å². The van der Waals surface area contributed by atoms with E-state index in [1.165, 1.54) is 85.0 Å². The average Bonchev–Trinajstić information content (AvgIpc) is 2.97. The Hall–Kier alpha value is -1.48. The van der Waals surface area contributed by atoms with Gasteiger partial charge in [-0.3, -0.25) is 0 Å². The normalized spacial score (nSPS) is 20.6. The van der Waals surface area contributed by atoms with E-state index in [1.807, 2.05) is 6.20 Å². The van der Waals surface area contributed by atoms with Crippen LogP contribution in [0.3, 0.4) is 0 Å². The number of fused-ring (bicyclic) bond motifs is 1. The summed E-state index contributed by atoms with van der Waals surface area (Å²) in [6.07, 6.45) is 14.3. The van der Waals surface area contributed by atoms with Gasteiger partial charge in [0.05, 0.1) is 5.52 Å². The monoisotopic (exact) mass is 415 g/mol. The summed E-state index contributed by atoms with van der Waals surface area (Å²) in [7, 11) is 0. The van der Waals surface area contributed by atoms with Gasteiger partial charge in [0, 0.05) is 36.9 Å². The van der Waals surface area contributed by atoms with E-state index in [2.05, 4.69) is 49.3 Å². The van der Waals surface area contributed by atoms with Crippen LogP contribution in [0.4, 0.5) is 5.82 Å². The summed E-state index contributed by atoms with van der Waals surface area (Å²) in [5.41, 5.74) is 5.50. The third-order valence-corrected chi connectivity index (χ3v) is 7.28. The van der Waals surface area contributed by atoms with Crippen molar-refractivity contribution in [2.24, 2.45) is 11.8 Å². The molecule has 0 aromatic carbocycles. The van der Waals surface area contributed by atoms with E-state index in [4.69, 9.17) is 4.98 Å². The molecule has 0 bridgehead atoms. The number of aromatic nitrogens is 2. The highest BCUT2D eigenvalue weighted by Crippen LogP contribution is 2.38. The highest BCUT2D eigenvalue weighted by Gasteiger charge is 2.30. The van der Waals surface area contributed by atoms with Crippen molar-refractivity contribution in [3.05, 3.63) is 35.2 Å². The molecule has 160 valence electrons. The third-order valence-electron chi connectivity index (χ3n) is 7.28. The standard InChI is InChI=1S/C25H37N3.ClH/c1-18(2)13-16-28-20(4)19(3)23-12-14-26-25(24(23)28)27-15-8-11-22(17-27)21-9-6-5-7-10-21;/h12-14,21-22H,5-11,15-17H2,1-4H3;1H. The Morgan fingerprint density at radius 3 is 2.52 bits per heavy atom. The van der Waals surface area contributed by atoms with Crippen molar-refractivity contribution in [2.45, 2.75) is 79.2 Å². The lowest BCUT2D eigenvalue weighted by Crippen LogP contribution is -2.39. The van der Waals surface area contributed by atoms with E-state index in [-0.39, 0.29) is 12.4 Å². The minimum Gasteiger partial charge on any atom is -0.355 e. The Balaban J connectivity index is 0.00000240. The van der Waals surface area contributed by atoms with Crippen LogP contribution < -0.4 is 4.90 Å². The fourth-order valence-electron chi connectivity index (χ4n) is 5.50.